The fourth-order valence-corrected chi connectivity index (χ4v) is 4.41. The molecule has 1 heterocycles. The predicted octanol–water partition coefficient (Wildman–Crippen LogP) is 3.21. The first-order chi connectivity index (χ1) is 14.9. The Balaban J connectivity index is 1.41. The highest BCUT2D eigenvalue weighted by Crippen LogP contribution is 2.30. The van der Waals surface area contributed by atoms with Crippen molar-refractivity contribution in [2.75, 3.05) is 24.6 Å². The number of nitrogens with zero attached hydrogens (tertiary/aromatic N) is 1. The van der Waals surface area contributed by atoms with Crippen LogP contribution in [-0.4, -0.2) is 34.6 Å². The lowest BCUT2D eigenvalue weighted by atomic mass is 10.1. The number of amides is 1. The number of anilines is 1. The van der Waals surface area contributed by atoms with E-state index >= 15 is 0 Å². The molecule has 4 rings (SSSR count). The van der Waals surface area contributed by atoms with Gasteiger partial charge in [0.2, 0.25) is 0 Å². The van der Waals surface area contributed by atoms with Crippen molar-refractivity contribution in [2.24, 2.45) is 0 Å². The number of carbonyl (C=O) groups excluding carboxylic acids is 1. The van der Waals surface area contributed by atoms with Gasteiger partial charge in [0.15, 0.2) is 11.5 Å². The van der Waals surface area contributed by atoms with Crippen LogP contribution in [0.15, 0.2) is 77.7 Å². The molecule has 0 aliphatic carbocycles. The van der Waals surface area contributed by atoms with E-state index < -0.39 is 10.0 Å². The third-order valence-corrected chi connectivity index (χ3v) is 6.75. The predicted molar refractivity (Wildman–Crippen MR) is 117 cm³/mol. The van der Waals surface area contributed by atoms with Crippen molar-refractivity contribution >= 4 is 21.6 Å². The summed E-state index contributed by atoms with van der Waals surface area (Å²) >= 11 is 0. The summed E-state index contributed by atoms with van der Waals surface area (Å²) in [4.78, 5) is 12.7. The Bertz CT molecular complexity index is 1180. The van der Waals surface area contributed by atoms with Crippen LogP contribution in [-0.2, 0) is 16.6 Å². The van der Waals surface area contributed by atoms with Gasteiger partial charge in [-0.25, -0.2) is 8.42 Å². The normalized spacial score (nSPS) is 12.8. The maximum atomic E-state index is 12.7. The van der Waals surface area contributed by atoms with Gasteiger partial charge < -0.3 is 14.8 Å². The number of ether oxygens (including phenoxy) is 2. The first-order valence-electron chi connectivity index (χ1n) is 9.76. The van der Waals surface area contributed by atoms with E-state index in [2.05, 4.69) is 5.32 Å². The average molecular weight is 439 g/mol. The highest BCUT2D eigenvalue weighted by Gasteiger charge is 2.21. The molecule has 0 atom stereocenters. The second kappa shape index (κ2) is 8.69. The molecule has 1 aliphatic rings. The molecule has 0 fully saturated rings. The average Bonchev–Trinajstić information content (AvgIpc) is 2.82. The quantitative estimate of drug-likeness (QED) is 0.639. The molecular formula is C23H22N2O5S. The molecule has 1 N–H and O–H groups in total. The van der Waals surface area contributed by atoms with E-state index in [1.807, 2.05) is 18.2 Å². The van der Waals surface area contributed by atoms with Crippen LogP contribution < -0.4 is 19.1 Å². The van der Waals surface area contributed by atoms with E-state index in [0.29, 0.717) is 42.5 Å². The zero-order valence-electron chi connectivity index (χ0n) is 16.9. The van der Waals surface area contributed by atoms with Crippen LogP contribution in [0.2, 0.25) is 0 Å². The van der Waals surface area contributed by atoms with Gasteiger partial charge in [-0.05, 0) is 54.1 Å². The third kappa shape index (κ3) is 4.49. The lowest BCUT2D eigenvalue weighted by Crippen LogP contribution is -2.27. The largest absolute Gasteiger partial charge is 0.486 e. The van der Waals surface area contributed by atoms with Gasteiger partial charge in [-0.2, -0.15) is 0 Å². The molecule has 31 heavy (non-hydrogen) atoms. The van der Waals surface area contributed by atoms with Gasteiger partial charge in [0, 0.05) is 19.2 Å². The summed E-state index contributed by atoms with van der Waals surface area (Å²) in [5.41, 5.74) is 1.79. The van der Waals surface area contributed by atoms with E-state index in [1.54, 1.807) is 54.6 Å². The fraction of sp³-hybridized carbons (Fsp3) is 0.174. The van der Waals surface area contributed by atoms with Crippen LogP contribution in [0.5, 0.6) is 11.5 Å². The molecule has 0 bridgehead atoms. The van der Waals surface area contributed by atoms with E-state index in [1.165, 1.54) is 11.4 Å². The molecule has 1 amide bonds. The van der Waals surface area contributed by atoms with Crippen LogP contribution in [0.4, 0.5) is 5.69 Å². The maximum Gasteiger partial charge on any atom is 0.264 e. The number of hydrogen-bond acceptors (Lipinski definition) is 5. The number of nitrogens with one attached hydrogen (secondary N) is 1. The van der Waals surface area contributed by atoms with Gasteiger partial charge >= 0.3 is 0 Å². The Hall–Kier alpha value is -3.52. The Morgan fingerprint density at radius 2 is 1.61 bits per heavy atom. The third-order valence-electron chi connectivity index (χ3n) is 4.95. The zero-order chi connectivity index (χ0) is 21.8. The van der Waals surface area contributed by atoms with Crippen LogP contribution in [0.1, 0.15) is 15.9 Å². The standard InChI is InChI=1S/C23H22N2O5S/c1-25(31(27,28)20-5-3-2-4-6-20)19-10-8-18(9-11-19)23(26)24-16-17-7-12-21-22(15-17)30-14-13-29-21/h2-12,15H,13-14,16H2,1H3,(H,24,26). The Morgan fingerprint density at radius 1 is 0.935 bits per heavy atom. The van der Waals surface area contributed by atoms with E-state index in [0.717, 1.165) is 5.56 Å². The Morgan fingerprint density at radius 3 is 2.32 bits per heavy atom. The van der Waals surface area contributed by atoms with E-state index in [9.17, 15) is 13.2 Å². The van der Waals surface area contributed by atoms with E-state index in [-0.39, 0.29) is 10.8 Å². The minimum Gasteiger partial charge on any atom is -0.486 e. The molecule has 1 aliphatic heterocycles. The van der Waals surface area contributed by atoms with Gasteiger partial charge in [-0.15, -0.1) is 0 Å². The summed E-state index contributed by atoms with van der Waals surface area (Å²) in [6.07, 6.45) is 0. The maximum absolute atomic E-state index is 12.7. The minimum atomic E-state index is -3.67. The lowest BCUT2D eigenvalue weighted by Gasteiger charge is -2.20. The van der Waals surface area contributed by atoms with Gasteiger partial charge in [0.1, 0.15) is 13.2 Å². The van der Waals surface area contributed by atoms with Crippen LogP contribution in [0, 0.1) is 0 Å². The summed E-state index contributed by atoms with van der Waals surface area (Å²) in [6, 6.07) is 20.2. The topological polar surface area (TPSA) is 84.9 Å². The van der Waals surface area contributed by atoms with Gasteiger partial charge in [0.25, 0.3) is 15.9 Å². The highest BCUT2D eigenvalue weighted by molar-refractivity contribution is 7.92. The fourth-order valence-electron chi connectivity index (χ4n) is 3.19. The molecule has 7 nitrogen and oxygen atoms in total. The zero-order valence-corrected chi connectivity index (χ0v) is 17.8. The summed E-state index contributed by atoms with van der Waals surface area (Å²) < 4.78 is 37.7. The summed E-state index contributed by atoms with van der Waals surface area (Å²) in [6.45, 7) is 1.37. The number of sulfonamides is 1. The number of hydrogen-bond donors (Lipinski definition) is 1. The van der Waals surface area contributed by atoms with Crippen molar-refractivity contribution in [3.8, 4) is 11.5 Å². The molecule has 0 saturated heterocycles. The van der Waals surface area contributed by atoms with Crippen molar-refractivity contribution in [3.05, 3.63) is 83.9 Å². The van der Waals surface area contributed by atoms with Crippen molar-refractivity contribution in [1.29, 1.82) is 0 Å². The summed E-state index contributed by atoms with van der Waals surface area (Å²) in [5.74, 6) is 1.12. The first kappa shape index (κ1) is 20.7. The van der Waals surface area contributed by atoms with Gasteiger partial charge in [-0.3, -0.25) is 9.10 Å². The van der Waals surface area contributed by atoms with Crippen molar-refractivity contribution in [1.82, 2.24) is 5.32 Å². The Labute approximate surface area is 181 Å². The van der Waals surface area contributed by atoms with Crippen molar-refractivity contribution < 1.29 is 22.7 Å². The molecule has 0 saturated carbocycles. The minimum absolute atomic E-state index is 0.207. The van der Waals surface area contributed by atoms with Crippen molar-refractivity contribution in [3.63, 3.8) is 0 Å². The molecule has 3 aromatic carbocycles. The van der Waals surface area contributed by atoms with E-state index in [4.69, 9.17) is 9.47 Å². The number of carbonyl (C=O) groups is 1. The van der Waals surface area contributed by atoms with Crippen LogP contribution in [0.3, 0.4) is 0 Å². The summed E-state index contributed by atoms with van der Waals surface area (Å²) in [5, 5.41) is 2.86. The molecule has 3 aromatic rings. The first-order valence-corrected chi connectivity index (χ1v) is 11.2. The summed E-state index contributed by atoms with van der Waals surface area (Å²) in [7, 11) is -2.18. The molecule has 0 aromatic heterocycles. The Kier molecular flexibility index (Phi) is 5.81. The molecular weight excluding hydrogens is 416 g/mol. The molecule has 0 spiro atoms. The smallest absolute Gasteiger partial charge is 0.264 e. The number of rotatable bonds is 6. The second-order valence-electron chi connectivity index (χ2n) is 6.99. The van der Waals surface area contributed by atoms with Crippen LogP contribution in [0.25, 0.3) is 0 Å². The molecule has 8 heteroatoms. The second-order valence-corrected chi connectivity index (χ2v) is 8.96. The molecule has 0 radical (unpaired) electrons. The van der Waals surface area contributed by atoms with Gasteiger partial charge in [-0.1, -0.05) is 24.3 Å². The monoisotopic (exact) mass is 438 g/mol. The number of benzene rings is 3. The number of fused-ring (bicyclic) bond motifs is 1. The van der Waals surface area contributed by atoms with Crippen LogP contribution >= 0.6 is 0 Å². The SMILES string of the molecule is CN(c1ccc(C(=O)NCc2ccc3c(c2)OCCO3)cc1)S(=O)(=O)c1ccccc1. The highest BCUT2D eigenvalue weighted by atomic mass is 32.2. The van der Waals surface area contributed by atoms with Gasteiger partial charge in [0.05, 0.1) is 10.6 Å². The lowest BCUT2D eigenvalue weighted by molar-refractivity contribution is 0.0951. The van der Waals surface area contributed by atoms with Crippen molar-refractivity contribution in [2.45, 2.75) is 11.4 Å². The molecule has 0 unspecified atom stereocenters. The molecule has 160 valence electrons.